The van der Waals surface area contributed by atoms with Crippen molar-refractivity contribution in [2.75, 3.05) is 19.6 Å². The molecule has 0 saturated carbocycles. The fourth-order valence-corrected chi connectivity index (χ4v) is 4.51. The Labute approximate surface area is 154 Å². The number of carbonyl (C=O) groups excluding carboxylic acids is 1. The largest absolute Gasteiger partial charge is 0.337 e. The molecule has 0 N–H and O–H groups in total. The number of aromatic nitrogens is 2. The van der Waals surface area contributed by atoms with E-state index in [4.69, 9.17) is 0 Å². The van der Waals surface area contributed by atoms with Gasteiger partial charge < -0.3 is 9.47 Å². The van der Waals surface area contributed by atoms with Crippen LogP contribution in [0, 0.1) is 0 Å². The smallest absolute Gasteiger partial charge is 0.262 e. The first kappa shape index (κ1) is 18.6. The molecule has 0 radical (unpaired) electrons. The summed E-state index contributed by atoms with van der Waals surface area (Å²) in [5.41, 5.74) is 1.06. The second-order valence-corrected chi connectivity index (χ2v) is 8.27. The van der Waals surface area contributed by atoms with Gasteiger partial charge in [-0.2, -0.15) is 4.31 Å². The van der Waals surface area contributed by atoms with Gasteiger partial charge in [0.2, 0.25) is 5.91 Å². The van der Waals surface area contributed by atoms with Gasteiger partial charge in [0.05, 0.1) is 6.33 Å². The van der Waals surface area contributed by atoms with Crippen LogP contribution in [0.2, 0.25) is 0 Å². The topological polar surface area (TPSA) is 75.5 Å². The number of imidazole rings is 1. The van der Waals surface area contributed by atoms with E-state index in [0.29, 0.717) is 26.2 Å². The van der Waals surface area contributed by atoms with E-state index in [1.54, 1.807) is 9.47 Å². The average molecular weight is 376 g/mol. The highest BCUT2D eigenvalue weighted by Gasteiger charge is 2.29. The zero-order chi connectivity index (χ0) is 18.6. The van der Waals surface area contributed by atoms with Crippen molar-refractivity contribution < 1.29 is 13.2 Å². The summed E-state index contributed by atoms with van der Waals surface area (Å²) in [6, 6.07) is 9.79. The summed E-state index contributed by atoms with van der Waals surface area (Å²) in [5.74, 6) is -0.0705. The van der Waals surface area contributed by atoms with Gasteiger partial charge >= 0.3 is 0 Å². The standard InChI is InChI=1S/C18H24N4O3S/c1-2-21(12-16-8-4-3-5-9-16)18(23)14-20-13-17(19-15-20)26(24,25)22-10-6-7-11-22/h3-5,8-9,13,15H,2,6-7,10-12,14H2,1H3. The van der Waals surface area contributed by atoms with E-state index in [2.05, 4.69) is 4.98 Å². The molecule has 1 aliphatic rings. The number of rotatable bonds is 7. The normalized spacial score (nSPS) is 15.3. The first-order valence-corrected chi connectivity index (χ1v) is 10.3. The summed E-state index contributed by atoms with van der Waals surface area (Å²) < 4.78 is 28.0. The summed E-state index contributed by atoms with van der Waals surface area (Å²) in [4.78, 5) is 18.3. The van der Waals surface area contributed by atoms with E-state index in [0.717, 1.165) is 18.4 Å². The van der Waals surface area contributed by atoms with Crippen LogP contribution in [0.1, 0.15) is 25.3 Å². The highest BCUT2D eigenvalue weighted by molar-refractivity contribution is 7.89. The average Bonchev–Trinajstić information content (AvgIpc) is 3.33. The maximum Gasteiger partial charge on any atom is 0.262 e. The lowest BCUT2D eigenvalue weighted by atomic mass is 10.2. The summed E-state index contributed by atoms with van der Waals surface area (Å²) in [7, 11) is -3.55. The second-order valence-electron chi connectivity index (χ2n) is 6.39. The van der Waals surface area contributed by atoms with Gasteiger partial charge in [0.25, 0.3) is 10.0 Å². The Bertz CT molecular complexity index is 842. The Morgan fingerprint density at radius 1 is 1.19 bits per heavy atom. The molecule has 26 heavy (non-hydrogen) atoms. The summed E-state index contributed by atoms with van der Waals surface area (Å²) in [6.45, 7) is 4.19. The number of hydrogen-bond acceptors (Lipinski definition) is 4. The SMILES string of the molecule is CCN(Cc1ccccc1)C(=O)Cn1cnc(S(=O)(=O)N2CCCC2)c1. The molecule has 8 heteroatoms. The second kappa shape index (κ2) is 8.01. The Kier molecular flexibility index (Phi) is 5.73. The highest BCUT2D eigenvalue weighted by atomic mass is 32.2. The number of hydrogen-bond donors (Lipinski definition) is 0. The fourth-order valence-electron chi connectivity index (χ4n) is 3.06. The number of benzene rings is 1. The molecule has 140 valence electrons. The molecular weight excluding hydrogens is 352 g/mol. The van der Waals surface area contributed by atoms with Gasteiger partial charge in [0, 0.05) is 32.4 Å². The van der Waals surface area contributed by atoms with Gasteiger partial charge in [-0.3, -0.25) is 4.79 Å². The number of nitrogens with zero attached hydrogens (tertiary/aromatic N) is 4. The number of sulfonamides is 1. The first-order valence-electron chi connectivity index (χ1n) is 8.84. The van der Waals surface area contributed by atoms with Gasteiger partial charge in [0.1, 0.15) is 6.54 Å². The lowest BCUT2D eigenvalue weighted by molar-refractivity contribution is -0.132. The van der Waals surface area contributed by atoms with E-state index in [-0.39, 0.29) is 17.5 Å². The predicted molar refractivity (Wildman–Crippen MR) is 97.8 cm³/mol. The highest BCUT2D eigenvalue weighted by Crippen LogP contribution is 2.19. The van der Waals surface area contributed by atoms with Crippen LogP contribution in [0.5, 0.6) is 0 Å². The molecule has 2 aromatic rings. The molecule has 3 rings (SSSR count). The minimum Gasteiger partial charge on any atom is -0.337 e. The molecule has 0 aliphatic carbocycles. The maximum absolute atomic E-state index is 12.6. The molecule has 1 aromatic heterocycles. The Morgan fingerprint density at radius 3 is 2.54 bits per heavy atom. The molecule has 0 spiro atoms. The van der Waals surface area contributed by atoms with Crippen molar-refractivity contribution in [1.82, 2.24) is 18.8 Å². The lowest BCUT2D eigenvalue weighted by Crippen LogP contribution is -2.33. The molecule has 7 nitrogen and oxygen atoms in total. The molecule has 0 unspecified atom stereocenters. The van der Waals surface area contributed by atoms with Gasteiger partial charge in [-0.05, 0) is 25.3 Å². The minimum absolute atomic E-state index is 0.0123. The van der Waals surface area contributed by atoms with E-state index in [1.165, 1.54) is 16.8 Å². The number of likely N-dealkylation sites (N-methyl/N-ethyl adjacent to an activating group) is 1. The molecule has 0 bridgehead atoms. The van der Waals surface area contributed by atoms with Crippen molar-refractivity contribution in [3.63, 3.8) is 0 Å². The third-order valence-corrected chi connectivity index (χ3v) is 6.33. The van der Waals surface area contributed by atoms with Crippen molar-refractivity contribution in [3.8, 4) is 0 Å². The van der Waals surface area contributed by atoms with Crippen LogP contribution in [-0.2, 0) is 27.9 Å². The zero-order valence-electron chi connectivity index (χ0n) is 14.9. The van der Waals surface area contributed by atoms with Crippen molar-refractivity contribution in [2.24, 2.45) is 0 Å². The Hall–Kier alpha value is -2.19. The van der Waals surface area contributed by atoms with Crippen molar-refractivity contribution in [3.05, 3.63) is 48.4 Å². The molecule has 1 amide bonds. The summed E-state index contributed by atoms with van der Waals surface area (Å²) in [6.07, 6.45) is 4.62. The summed E-state index contributed by atoms with van der Waals surface area (Å²) in [5, 5.41) is 0.0123. The van der Waals surface area contributed by atoms with Crippen molar-refractivity contribution in [2.45, 2.75) is 37.9 Å². The zero-order valence-corrected chi connectivity index (χ0v) is 15.7. The van der Waals surface area contributed by atoms with Crippen LogP contribution in [0.4, 0.5) is 0 Å². The van der Waals surface area contributed by atoms with Crippen LogP contribution >= 0.6 is 0 Å². The number of amides is 1. The lowest BCUT2D eigenvalue weighted by Gasteiger charge is -2.21. The van der Waals surface area contributed by atoms with E-state index in [1.807, 2.05) is 37.3 Å². The fraction of sp³-hybridized carbons (Fsp3) is 0.444. The molecule has 1 saturated heterocycles. The molecule has 1 aromatic carbocycles. The van der Waals surface area contributed by atoms with Crippen LogP contribution in [0.25, 0.3) is 0 Å². The Morgan fingerprint density at radius 2 is 1.88 bits per heavy atom. The van der Waals surface area contributed by atoms with Crippen molar-refractivity contribution >= 4 is 15.9 Å². The van der Waals surface area contributed by atoms with Crippen LogP contribution < -0.4 is 0 Å². The maximum atomic E-state index is 12.6. The minimum atomic E-state index is -3.55. The van der Waals surface area contributed by atoms with Gasteiger partial charge in [0.15, 0.2) is 5.03 Å². The van der Waals surface area contributed by atoms with Crippen LogP contribution in [0.15, 0.2) is 47.9 Å². The van der Waals surface area contributed by atoms with Gasteiger partial charge in [-0.1, -0.05) is 30.3 Å². The molecule has 1 aliphatic heterocycles. The molecule has 0 atom stereocenters. The first-order chi connectivity index (χ1) is 12.5. The summed E-state index contributed by atoms with van der Waals surface area (Å²) >= 11 is 0. The van der Waals surface area contributed by atoms with Crippen molar-refractivity contribution in [1.29, 1.82) is 0 Å². The quantitative estimate of drug-likeness (QED) is 0.737. The van der Waals surface area contributed by atoms with E-state index >= 15 is 0 Å². The van der Waals surface area contributed by atoms with Crippen LogP contribution in [-0.4, -0.2) is 52.7 Å². The number of carbonyl (C=O) groups is 1. The van der Waals surface area contributed by atoms with Gasteiger partial charge in [-0.15, -0.1) is 0 Å². The molecule has 2 heterocycles. The predicted octanol–water partition coefficient (Wildman–Crippen LogP) is 1.72. The van der Waals surface area contributed by atoms with Crippen LogP contribution in [0.3, 0.4) is 0 Å². The molecule has 1 fully saturated rings. The van der Waals surface area contributed by atoms with Gasteiger partial charge in [-0.25, -0.2) is 13.4 Å². The monoisotopic (exact) mass is 376 g/mol. The third-order valence-electron chi connectivity index (χ3n) is 4.55. The van der Waals surface area contributed by atoms with E-state index < -0.39 is 10.0 Å². The Balaban J connectivity index is 1.66. The van der Waals surface area contributed by atoms with E-state index in [9.17, 15) is 13.2 Å². The molecular formula is C18H24N4O3S. The third kappa shape index (κ3) is 4.13.